The molecular weight excluding hydrogens is 386 g/mol. The highest BCUT2D eigenvalue weighted by atomic mass is 16.5. The number of fused-ring (bicyclic) bond motifs is 3. The van der Waals surface area contributed by atoms with Gasteiger partial charge in [-0.1, -0.05) is 43.3 Å². The number of rotatable bonds is 4. The Kier molecular flexibility index (Phi) is 4.86. The normalized spacial score (nSPS) is 15.9. The molecule has 3 aromatic carbocycles. The molecule has 1 aliphatic heterocycles. The van der Waals surface area contributed by atoms with Gasteiger partial charge in [0.15, 0.2) is 0 Å². The Morgan fingerprint density at radius 1 is 1.06 bits per heavy atom. The Hall–Kier alpha value is -3.73. The topological polar surface area (TPSA) is 56.5 Å². The summed E-state index contributed by atoms with van der Waals surface area (Å²) in [6, 6.07) is 18.2. The summed E-state index contributed by atoms with van der Waals surface area (Å²) >= 11 is 0. The molecule has 0 fully saturated rings. The van der Waals surface area contributed by atoms with Crippen LogP contribution < -0.4 is 10.3 Å². The van der Waals surface area contributed by atoms with E-state index in [-0.39, 0.29) is 11.5 Å². The number of aromatic nitrogens is 2. The maximum Gasteiger partial charge on any atom is 0.265 e. The maximum absolute atomic E-state index is 13.5. The SMILES string of the molecule is COc1ccc(Cc2cc3c(=O)n(C4=CN=CCC4C)cnc3c3ccccc23)cc1. The lowest BCUT2D eigenvalue weighted by molar-refractivity contribution is 0.414. The van der Waals surface area contributed by atoms with Crippen LogP contribution in [0.25, 0.3) is 27.4 Å². The fourth-order valence-corrected chi connectivity index (χ4v) is 4.22. The van der Waals surface area contributed by atoms with E-state index in [0.717, 1.165) is 51.7 Å². The number of hydrogen-bond donors (Lipinski definition) is 0. The minimum atomic E-state index is -0.0538. The van der Waals surface area contributed by atoms with Crippen molar-refractivity contribution < 1.29 is 4.74 Å². The second-order valence-electron chi connectivity index (χ2n) is 7.94. The van der Waals surface area contributed by atoms with E-state index in [2.05, 4.69) is 30.1 Å². The summed E-state index contributed by atoms with van der Waals surface area (Å²) in [6.45, 7) is 2.10. The van der Waals surface area contributed by atoms with Crippen molar-refractivity contribution in [2.24, 2.45) is 10.9 Å². The Balaban J connectivity index is 1.70. The molecule has 0 N–H and O–H groups in total. The maximum atomic E-state index is 13.5. The molecule has 0 aliphatic carbocycles. The Morgan fingerprint density at radius 2 is 1.84 bits per heavy atom. The molecular formula is C26H23N3O2. The molecule has 0 amide bonds. The molecule has 5 heteroatoms. The van der Waals surface area contributed by atoms with Crippen LogP contribution in [0, 0.1) is 5.92 Å². The third-order valence-corrected chi connectivity index (χ3v) is 5.96. The van der Waals surface area contributed by atoms with E-state index in [4.69, 9.17) is 9.72 Å². The van der Waals surface area contributed by atoms with Crippen LogP contribution in [0.5, 0.6) is 5.75 Å². The van der Waals surface area contributed by atoms with Crippen LogP contribution in [0.3, 0.4) is 0 Å². The molecule has 0 radical (unpaired) electrons. The largest absolute Gasteiger partial charge is 0.497 e. The number of methoxy groups -OCH3 is 1. The van der Waals surface area contributed by atoms with Crippen molar-refractivity contribution in [1.29, 1.82) is 0 Å². The van der Waals surface area contributed by atoms with Crippen LogP contribution >= 0.6 is 0 Å². The third-order valence-electron chi connectivity index (χ3n) is 5.96. The van der Waals surface area contributed by atoms with Crippen molar-refractivity contribution in [1.82, 2.24) is 9.55 Å². The first-order chi connectivity index (χ1) is 15.2. The fourth-order valence-electron chi connectivity index (χ4n) is 4.22. The molecule has 0 saturated carbocycles. The Morgan fingerprint density at radius 3 is 2.58 bits per heavy atom. The van der Waals surface area contributed by atoms with E-state index in [9.17, 15) is 4.79 Å². The van der Waals surface area contributed by atoms with E-state index >= 15 is 0 Å². The lowest BCUT2D eigenvalue weighted by Crippen LogP contribution is -2.24. The average Bonchev–Trinajstić information content (AvgIpc) is 2.81. The lowest BCUT2D eigenvalue weighted by atomic mass is 9.96. The molecule has 1 aromatic heterocycles. The predicted molar refractivity (Wildman–Crippen MR) is 126 cm³/mol. The molecule has 5 nitrogen and oxygen atoms in total. The fraction of sp³-hybridized carbons (Fsp3) is 0.192. The predicted octanol–water partition coefficient (Wildman–Crippen LogP) is 5.06. The molecule has 31 heavy (non-hydrogen) atoms. The highest BCUT2D eigenvalue weighted by molar-refractivity contribution is 6.06. The van der Waals surface area contributed by atoms with Crippen LogP contribution in [0.2, 0.25) is 0 Å². The van der Waals surface area contributed by atoms with Crippen molar-refractivity contribution >= 4 is 33.6 Å². The van der Waals surface area contributed by atoms with Gasteiger partial charge in [-0.15, -0.1) is 0 Å². The summed E-state index contributed by atoms with van der Waals surface area (Å²) in [6.07, 6.45) is 6.83. The second-order valence-corrected chi connectivity index (χ2v) is 7.94. The zero-order valence-corrected chi connectivity index (χ0v) is 17.6. The number of allylic oxidation sites excluding steroid dienone is 1. The van der Waals surface area contributed by atoms with Gasteiger partial charge in [0.2, 0.25) is 0 Å². The van der Waals surface area contributed by atoms with Crippen molar-refractivity contribution in [2.45, 2.75) is 19.8 Å². The molecule has 1 atom stereocenters. The average molecular weight is 409 g/mol. The molecule has 5 rings (SSSR count). The van der Waals surface area contributed by atoms with E-state index in [1.807, 2.05) is 42.6 Å². The summed E-state index contributed by atoms with van der Waals surface area (Å²) in [5, 5.41) is 2.74. The van der Waals surface area contributed by atoms with Crippen LogP contribution in [-0.2, 0) is 6.42 Å². The van der Waals surface area contributed by atoms with Gasteiger partial charge in [0.1, 0.15) is 12.1 Å². The van der Waals surface area contributed by atoms with E-state index in [1.165, 1.54) is 0 Å². The standard InChI is InChI=1S/C26H23N3O2/c1-17-11-12-27-15-24(17)29-16-28-25-22-6-4-3-5-21(22)19(14-23(25)26(29)30)13-18-7-9-20(31-2)10-8-18/h3-10,12,14-17H,11,13H2,1-2H3. The van der Waals surface area contributed by atoms with Crippen molar-refractivity contribution in [3.63, 3.8) is 0 Å². The van der Waals surface area contributed by atoms with Gasteiger partial charge in [0, 0.05) is 29.4 Å². The highest BCUT2D eigenvalue weighted by Crippen LogP contribution is 2.29. The smallest absolute Gasteiger partial charge is 0.265 e. The van der Waals surface area contributed by atoms with E-state index < -0.39 is 0 Å². The molecule has 1 aliphatic rings. The van der Waals surface area contributed by atoms with Crippen LogP contribution in [0.1, 0.15) is 24.5 Å². The van der Waals surface area contributed by atoms with Crippen molar-refractivity contribution in [3.05, 3.63) is 88.6 Å². The van der Waals surface area contributed by atoms with Crippen molar-refractivity contribution in [3.8, 4) is 5.75 Å². The summed E-state index contributed by atoms with van der Waals surface area (Å²) in [5.41, 5.74) is 3.83. The molecule has 0 saturated heterocycles. The summed E-state index contributed by atoms with van der Waals surface area (Å²) < 4.78 is 6.92. The Labute approximate surface area is 180 Å². The Bertz CT molecular complexity index is 1400. The summed E-state index contributed by atoms with van der Waals surface area (Å²) in [4.78, 5) is 22.5. The minimum absolute atomic E-state index is 0.0538. The quantitative estimate of drug-likeness (QED) is 0.443. The zero-order chi connectivity index (χ0) is 21.4. The number of benzene rings is 3. The van der Waals surface area contributed by atoms with Crippen molar-refractivity contribution in [2.75, 3.05) is 7.11 Å². The first-order valence-corrected chi connectivity index (χ1v) is 10.4. The zero-order valence-electron chi connectivity index (χ0n) is 17.6. The van der Waals surface area contributed by atoms with Gasteiger partial charge in [-0.3, -0.25) is 14.4 Å². The molecule has 154 valence electrons. The third kappa shape index (κ3) is 3.42. The number of ether oxygens (including phenoxy) is 1. The molecule has 0 bridgehead atoms. The van der Waals surface area contributed by atoms with Gasteiger partial charge in [-0.25, -0.2) is 4.98 Å². The van der Waals surface area contributed by atoms with Gasteiger partial charge in [-0.05, 0) is 47.6 Å². The first-order valence-electron chi connectivity index (χ1n) is 10.4. The van der Waals surface area contributed by atoms with Gasteiger partial charge >= 0.3 is 0 Å². The van der Waals surface area contributed by atoms with Gasteiger partial charge in [0.25, 0.3) is 5.56 Å². The number of nitrogens with zero attached hydrogens (tertiary/aromatic N) is 3. The second kappa shape index (κ2) is 7.84. The van der Waals surface area contributed by atoms with E-state index in [0.29, 0.717) is 5.39 Å². The molecule has 4 aromatic rings. The van der Waals surface area contributed by atoms with Crippen LogP contribution in [0.4, 0.5) is 0 Å². The van der Waals surface area contributed by atoms with Gasteiger partial charge in [-0.2, -0.15) is 0 Å². The lowest BCUT2D eigenvalue weighted by Gasteiger charge is -2.19. The molecule has 0 spiro atoms. The van der Waals surface area contributed by atoms with E-state index in [1.54, 1.807) is 24.2 Å². The number of hydrogen-bond acceptors (Lipinski definition) is 4. The summed E-state index contributed by atoms with van der Waals surface area (Å²) in [7, 11) is 1.66. The van der Waals surface area contributed by atoms with Crippen LogP contribution in [-0.4, -0.2) is 22.9 Å². The first kappa shape index (κ1) is 19.2. The molecule has 2 heterocycles. The van der Waals surface area contributed by atoms with Gasteiger partial charge < -0.3 is 4.74 Å². The minimum Gasteiger partial charge on any atom is -0.497 e. The molecule has 1 unspecified atom stereocenters. The summed E-state index contributed by atoms with van der Waals surface area (Å²) in [5.74, 6) is 1.05. The van der Waals surface area contributed by atoms with Gasteiger partial charge in [0.05, 0.1) is 18.0 Å². The monoisotopic (exact) mass is 409 g/mol. The van der Waals surface area contributed by atoms with Crippen LogP contribution in [0.15, 0.2) is 76.9 Å². The highest BCUT2D eigenvalue weighted by Gasteiger charge is 2.18. The number of aliphatic imine (C=N–C) groups is 1.